The summed E-state index contributed by atoms with van der Waals surface area (Å²) in [6.45, 7) is 1.66. The number of pyridine rings is 1. The first kappa shape index (κ1) is 22.0. The molecule has 0 radical (unpaired) electrons. The third-order valence-corrected chi connectivity index (χ3v) is 5.49. The summed E-state index contributed by atoms with van der Waals surface area (Å²) in [5, 5.41) is 10.8. The monoisotopic (exact) mass is 453 g/mol. The second-order valence-electron chi connectivity index (χ2n) is 6.31. The van der Waals surface area contributed by atoms with E-state index in [0.29, 0.717) is 16.8 Å². The van der Waals surface area contributed by atoms with Crippen molar-refractivity contribution in [3.8, 4) is 17.0 Å². The third-order valence-electron chi connectivity index (χ3n) is 4.10. The van der Waals surface area contributed by atoms with Crippen molar-refractivity contribution < 1.29 is 31.2 Å². The van der Waals surface area contributed by atoms with Crippen molar-refractivity contribution in [3.05, 3.63) is 76.5 Å². The van der Waals surface area contributed by atoms with Gasteiger partial charge in [0.05, 0.1) is 21.2 Å². The van der Waals surface area contributed by atoms with E-state index in [4.69, 9.17) is 0 Å². The van der Waals surface area contributed by atoms with Crippen LogP contribution >= 0.6 is 0 Å². The van der Waals surface area contributed by atoms with Crippen molar-refractivity contribution in [2.24, 2.45) is 0 Å². The average molecular weight is 453 g/mol. The molecule has 0 aliphatic carbocycles. The highest BCUT2D eigenvalue weighted by Crippen LogP contribution is 2.28. The largest absolute Gasteiger partial charge is 0.573 e. The number of aromatic nitrogens is 1. The van der Waals surface area contributed by atoms with Gasteiger partial charge in [0.2, 0.25) is 0 Å². The molecule has 3 aromatic rings. The maximum atomic E-state index is 12.7. The Bertz CT molecular complexity index is 1210. The maximum Gasteiger partial charge on any atom is 0.573 e. The van der Waals surface area contributed by atoms with Gasteiger partial charge in [0.15, 0.2) is 0 Å². The Kier molecular flexibility index (Phi) is 5.84. The minimum absolute atomic E-state index is 0.185. The molecule has 0 amide bonds. The van der Waals surface area contributed by atoms with Crippen LogP contribution in [-0.2, 0) is 10.0 Å². The number of anilines is 1. The Morgan fingerprint density at radius 1 is 1.06 bits per heavy atom. The highest BCUT2D eigenvalue weighted by Gasteiger charge is 2.31. The van der Waals surface area contributed by atoms with E-state index in [1.807, 2.05) is 0 Å². The predicted octanol–water partition coefficient (Wildman–Crippen LogP) is 4.66. The van der Waals surface area contributed by atoms with E-state index in [9.17, 15) is 31.7 Å². The van der Waals surface area contributed by atoms with Gasteiger partial charge in [0, 0.05) is 11.6 Å². The Hall–Kier alpha value is -3.67. The van der Waals surface area contributed by atoms with E-state index in [2.05, 4.69) is 14.4 Å². The SMILES string of the molecule is Cc1ccc(-c2ccc([N+](=O)[O-])cn2)cc1NS(=O)(=O)c1ccc(OC(F)(F)F)cc1. The fourth-order valence-electron chi connectivity index (χ4n) is 2.58. The molecule has 0 fully saturated rings. The average Bonchev–Trinajstić information content (AvgIpc) is 2.69. The zero-order valence-corrected chi connectivity index (χ0v) is 16.6. The second-order valence-corrected chi connectivity index (χ2v) is 8.00. The zero-order valence-electron chi connectivity index (χ0n) is 15.8. The van der Waals surface area contributed by atoms with Crippen molar-refractivity contribution in [1.29, 1.82) is 0 Å². The summed E-state index contributed by atoms with van der Waals surface area (Å²) < 4.78 is 68.2. The van der Waals surface area contributed by atoms with Gasteiger partial charge in [-0.25, -0.2) is 13.4 Å². The van der Waals surface area contributed by atoms with Crippen LogP contribution in [0, 0.1) is 17.0 Å². The molecule has 2 aromatic carbocycles. The predicted molar refractivity (Wildman–Crippen MR) is 105 cm³/mol. The number of hydrogen-bond acceptors (Lipinski definition) is 6. The number of ether oxygens (including phenoxy) is 1. The minimum atomic E-state index is -4.89. The topological polar surface area (TPSA) is 111 Å². The van der Waals surface area contributed by atoms with Gasteiger partial charge in [0.1, 0.15) is 11.9 Å². The summed E-state index contributed by atoms with van der Waals surface area (Å²) in [6.07, 6.45) is -3.80. The molecule has 162 valence electrons. The summed E-state index contributed by atoms with van der Waals surface area (Å²) >= 11 is 0. The molecule has 0 unspecified atom stereocenters. The van der Waals surface area contributed by atoms with E-state index in [-0.39, 0.29) is 16.3 Å². The van der Waals surface area contributed by atoms with Crippen molar-refractivity contribution >= 4 is 21.4 Å². The Balaban J connectivity index is 1.86. The molecule has 31 heavy (non-hydrogen) atoms. The van der Waals surface area contributed by atoms with E-state index >= 15 is 0 Å². The first-order chi connectivity index (χ1) is 14.4. The van der Waals surface area contributed by atoms with E-state index in [1.165, 1.54) is 18.2 Å². The Morgan fingerprint density at radius 2 is 1.74 bits per heavy atom. The van der Waals surface area contributed by atoms with Crippen LogP contribution in [0.3, 0.4) is 0 Å². The number of sulfonamides is 1. The lowest BCUT2D eigenvalue weighted by atomic mass is 10.1. The first-order valence-corrected chi connectivity index (χ1v) is 10.0. The van der Waals surface area contributed by atoms with Gasteiger partial charge in [-0.15, -0.1) is 13.2 Å². The number of rotatable bonds is 6. The molecule has 8 nitrogen and oxygen atoms in total. The number of nitrogens with one attached hydrogen (secondary N) is 1. The number of nitrogens with zero attached hydrogens (tertiary/aromatic N) is 2. The van der Waals surface area contributed by atoms with Crippen LogP contribution in [0.4, 0.5) is 24.5 Å². The number of aryl methyl sites for hydroxylation is 1. The van der Waals surface area contributed by atoms with Crippen molar-refractivity contribution in [3.63, 3.8) is 0 Å². The summed E-state index contributed by atoms with van der Waals surface area (Å²) in [6, 6.07) is 11.3. The van der Waals surface area contributed by atoms with Crippen LogP contribution in [0.15, 0.2) is 65.7 Å². The highest BCUT2D eigenvalue weighted by molar-refractivity contribution is 7.92. The molecule has 0 aliphatic heterocycles. The van der Waals surface area contributed by atoms with Crippen LogP contribution < -0.4 is 9.46 Å². The fourth-order valence-corrected chi connectivity index (χ4v) is 3.70. The number of halogens is 3. The minimum Gasteiger partial charge on any atom is -0.406 e. The molecular weight excluding hydrogens is 439 g/mol. The molecule has 0 bridgehead atoms. The number of nitro groups is 1. The van der Waals surface area contributed by atoms with Gasteiger partial charge in [-0.3, -0.25) is 14.8 Å². The number of alkyl halides is 3. The van der Waals surface area contributed by atoms with Gasteiger partial charge >= 0.3 is 6.36 Å². The van der Waals surface area contributed by atoms with Crippen molar-refractivity contribution in [2.75, 3.05) is 4.72 Å². The van der Waals surface area contributed by atoms with Gasteiger partial charge < -0.3 is 4.74 Å². The van der Waals surface area contributed by atoms with Gasteiger partial charge in [-0.1, -0.05) is 12.1 Å². The molecular formula is C19H14F3N3O5S. The fraction of sp³-hybridized carbons (Fsp3) is 0.105. The van der Waals surface area contributed by atoms with E-state index < -0.39 is 27.1 Å². The van der Waals surface area contributed by atoms with Crippen LogP contribution in [0.2, 0.25) is 0 Å². The lowest BCUT2D eigenvalue weighted by molar-refractivity contribution is -0.385. The Morgan fingerprint density at radius 3 is 2.29 bits per heavy atom. The number of benzene rings is 2. The van der Waals surface area contributed by atoms with Crippen molar-refractivity contribution in [2.45, 2.75) is 18.2 Å². The maximum absolute atomic E-state index is 12.7. The second kappa shape index (κ2) is 8.22. The first-order valence-electron chi connectivity index (χ1n) is 8.55. The molecule has 0 saturated carbocycles. The van der Waals surface area contributed by atoms with Crippen LogP contribution in [-0.4, -0.2) is 24.7 Å². The van der Waals surface area contributed by atoms with Crippen LogP contribution in [0.5, 0.6) is 5.75 Å². The molecule has 1 aromatic heterocycles. The quantitative estimate of drug-likeness (QED) is 0.429. The number of hydrogen-bond donors (Lipinski definition) is 1. The summed E-state index contributed by atoms with van der Waals surface area (Å²) in [4.78, 5) is 13.9. The molecule has 12 heteroatoms. The Labute approximate surface area is 174 Å². The highest BCUT2D eigenvalue weighted by atomic mass is 32.2. The van der Waals surface area contributed by atoms with Crippen LogP contribution in [0.1, 0.15) is 5.56 Å². The van der Waals surface area contributed by atoms with Gasteiger partial charge in [0.25, 0.3) is 15.7 Å². The lowest BCUT2D eigenvalue weighted by Gasteiger charge is -2.13. The standard InChI is InChI=1S/C19H14F3N3O5S/c1-12-2-3-13(17-9-4-14(11-23-17)25(26)27)10-18(12)24-31(28,29)16-7-5-15(6-8-16)30-19(20,21)22/h2-11,24H,1H3. The molecule has 3 rings (SSSR count). The molecule has 0 saturated heterocycles. The zero-order chi connectivity index (χ0) is 22.8. The summed E-state index contributed by atoms with van der Waals surface area (Å²) in [5.74, 6) is -0.547. The summed E-state index contributed by atoms with van der Waals surface area (Å²) in [5.41, 5.74) is 1.50. The molecule has 1 N–H and O–H groups in total. The van der Waals surface area contributed by atoms with Crippen molar-refractivity contribution in [1.82, 2.24) is 4.98 Å². The molecule has 0 aliphatic rings. The summed E-state index contributed by atoms with van der Waals surface area (Å²) in [7, 11) is -4.11. The third kappa shape index (κ3) is 5.48. The smallest absolute Gasteiger partial charge is 0.406 e. The van der Waals surface area contributed by atoms with Gasteiger partial charge in [-0.05, 0) is 48.9 Å². The van der Waals surface area contributed by atoms with Crippen LogP contribution in [0.25, 0.3) is 11.3 Å². The van der Waals surface area contributed by atoms with E-state index in [0.717, 1.165) is 30.5 Å². The van der Waals surface area contributed by atoms with E-state index in [1.54, 1.807) is 19.1 Å². The molecule has 0 atom stereocenters. The lowest BCUT2D eigenvalue weighted by Crippen LogP contribution is -2.17. The molecule has 1 heterocycles. The normalized spacial score (nSPS) is 11.7. The van der Waals surface area contributed by atoms with Gasteiger partial charge in [-0.2, -0.15) is 0 Å². The molecule has 0 spiro atoms.